The van der Waals surface area contributed by atoms with Gasteiger partial charge in [0, 0.05) is 18.9 Å². The monoisotopic (exact) mass is 366 g/mol. The predicted octanol–water partition coefficient (Wildman–Crippen LogP) is 1.82. The van der Waals surface area contributed by atoms with Crippen molar-refractivity contribution in [1.29, 1.82) is 5.26 Å². The fraction of sp³-hybridized carbons (Fsp3) is 0.316. The Morgan fingerprint density at radius 1 is 1.22 bits per heavy atom. The molecule has 0 saturated carbocycles. The maximum absolute atomic E-state index is 12.9. The summed E-state index contributed by atoms with van der Waals surface area (Å²) in [7, 11) is 1.28. The average Bonchev–Trinajstić information content (AvgIpc) is 2.73. The number of aromatic nitrogens is 2. The first-order chi connectivity index (χ1) is 13.1. The van der Waals surface area contributed by atoms with Crippen LogP contribution in [-0.2, 0) is 4.74 Å². The zero-order chi connectivity index (χ0) is 19.2. The third kappa shape index (κ3) is 4.03. The van der Waals surface area contributed by atoms with Gasteiger partial charge in [0.1, 0.15) is 12.2 Å². The number of carbonyl (C=O) groups is 2. The highest BCUT2D eigenvalue weighted by molar-refractivity contribution is 6.05. The van der Waals surface area contributed by atoms with Gasteiger partial charge in [0.15, 0.2) is 0 Å². The van der Waals surface area contributed by atoms with Gasteiger partial charge in [-0.3, -0.25) is 4.79 Å². The lowest BCUT2D eigenvalue weighted by Crippen LogP contribution is -2.45. The highest BCUT2D eigenvalue weighted by atomic mass is 16.5. The van der Waals surface area contributed by atoms with Crippen molar-refractivity contribution in [1.82, 2.24) is 14.9 Å². The number of hydrogen-bond acceptors (Lipinski definition) is 7. The van der Waals surface area contributed by atoms with Crippen molar-refractivity contribution in [2.45, 2.75) is 18.9 Å². The van der Waals surface area contributed by atoms with Crippen LogP contribution in [-0.4, -0.2) is 53.0 Å². The molecule has 1 aliphatic heterocycles. The zero-order valence-electron chi connectivity index (χ0n) is 14.8. The Hall–Kier alpha value is -3.47. The van der Waals surface area contributed by atoms with Gasteiger partial charge in [-0.15, -0.1) is 0 Å². The van der Waals surface area contributed by atoms with Crippen molar-refractivity contribution >= 4 is 11.9 Å². The van der Waals surface area contributed by atoms with Crippen LogP contribution < -0.4 is 4.74 Å². The Morgan fingerprint density at radius 2 is 1.96 bits per heavy atom. The lowest BCUT2D eigenvalue weighted by Gasteiger charge is -2.33. The molecule has 1 saturated heterocycles. The number of benzene rings is 1. The lowest BCUT2D eigenvalue weighted by atomic mass is 10.0. The standard InChI is InChI=1S/C19H18N4O4/c1-26-19(25)15-7-3-2-6-14(15)18(24)23-10-4-5-13(12-23)27-17-16(11-20)21-8-9-22-17/h2-3,6-9,13H,4-5,10,12H2,1H3. The van der Waals surface area contributed by atoms with Gasteiger partial charge in [-0.25, -0.2) is 14.8 Å². The molecule has 138 valence electrons. The molecule has 3 rings (SSSR count). The first kappa shape index (κ1) is 18.3. The van der Waals surface area contributed by atoms with Crippen molar-refractivity contribution in [2.75, 3.05) is 20.2 Å². The van der Waals surface area contributed by atoms with Gasteiger partial charge in [-0.05, 0) is 25.0 Å². The Bertz CT molecular complexity index is 893. The van der Waals surface area contributed by atoms with Gasteiger partial charge in [0.2, 0.25) is 5.69 Å². The Labute approximate surface area is 156 Å². The van der Waals surface area contributed by atoms with Crippen molar-refractivity contribution in [3.63, 3.8) is 0 Å². The largest absolute Gasteiger partial charge is 0.470 e. The number of methoxy groups -OCH3 is 1. The molecule has 1 aromatic carbocycles. The SMILES string of the molecule is COC(=O)c1ccccc1C(=O)N1CCCC(Oc2nccnc2C#N)C1. The van der Waals surface area contributed by atoms with Crippen molar-refractivity contribution in [2.24, 2.45) is 0 Å². The number of carbonyl (C=O) groups excluding carboxylic acids is 2. The Kier molecular flexibility index (Phi) is 5.61. The molecule has 27 heavy (non-hydrogen) atoms. The summed E-state index contributed by atoms with van der Waals surface area (Å²) >= 11 is 0. The van der Waals surface area contributed by atoms with E-state index in [1.165, 1.54) is 19.5 Å². The highest BCUT2D eigenvalue weighted by Crippen LogP contribution is 2.21. The van der Waals surface area contributed by atoms with E-state index < -0.39 is 5.97 Å². The molecule has 8 heteroatoms. The molecule has 1 aliphatic rings. The van der Waals surface area contributed by atoms with Crippen molar-refractivity contribution < 1.29 is 19.1 Å². The maximum Gasteiger partial charge on any atom is 0.338 e. The second-order valence-electron chi connectivity index (χ2n) is 5.99. The molecule has 1 amide bonds. The summed E-state index contributed by atoms with van der Waals surface area (Å²) in [5, 5.41) is 9.10. The number of piperidine rings is 1. The second kappa shape index (κ2) is 8.27. The smallest absolute Gasteiger partial charge is 0.338 e. The molecular formula is C19H18N4O4. The van der Waals surface area contributed by atoms with Crippen LogP contribution in [0.2, 0.25) is 0 Å². The molecule has 0 aliphatic carbocycles. The molecule has 8 nitrogen and oxygen atoms in total. The van der Waals surface area contributed by atoms with E-state index in [1.807, 2.05) is 6.07 Å². The van der Waals surface area contributed by atoms with Crippen LogP contribution in [0.25, 0.3) is 0 Å². The van der Waals surface area contributed by atoms with E-state index in [-0.39, 0.29) is 29.1 Å². The summed E-state index contributed by atoms with van der Waals surface area (Å²) in [5.41, 5.74) is 0.632. The van der Waals surface area contributed by atoms with E-state index >= 15 is 0 Å². The molecular weight excluding hydrogens is 348 g/mol. The van der Waals surface area contributed by atoms with E-state index in [2.05, 4.69) is 9.97 Å². The van der Waals surface area contributed by atoms with Crippen LogP contribution in [0.15, 0.2) is 36.7 Å². The van der Waals surface area contributed by atoms with E-state index in [9.17, 15) is 9.59 Å². The number of nitrogens with zero attached hydrogens (tertiary/aromatic N) is 4. The molecule has 0 N–H and O–H groups in total. The number of ether oxygens (including phenoxy) is 2. The summed E-state index contributed by atoms with van der Waals surface area (Å²) in [6, 6.07) is 8.50. The molecule has 1 fully saturated rings. The van der Waals surface area contributed by atoms with Crippen LogP contribution in [0, 0.1) is 11.3 Å². The van der Waals surface area contributed by atoms with Crippen LogP contribution >= 0.6 is 0 Å². The van der Waals surface area contributed by atoms with Gasteiger partial charge in [-0.2, -0.15) is 5.26 Å². The van der Waals surface area contributed by atoms with E-state index in [4.69, 9.17) is 14.7 Å². The predicted molar refractivity (Wildman–Crippen MR) is 94.1 cm³/mol. The second-order valence-corrected chi connectivity index (χ2v) is 5.99. The zero-order valence-corrected chi connectivity index (χ0v) is 14.8. The first-order valence-electron chi connectivity index (χ1n) is 8.48. The fourth-order valence-corrected chi connectivity index (χ4v) is 2.99. The van der Waals surface area contributed by atoms with Crippen molar-refractivity contribution in [3.8, 4) is 11.9 Å². The summed E-state index contributed by atoms with van der Waals surface area (Å²) < 4.78 is 10.6. The third-order valence-corrected chi connectivity index (χ3v) is 4.28. The van der Waals surface area contributed by atoms with Gasteiger partial charge in [0.25, 0.3) is 11.8 Å². The average molecular weight is 366 g/mol. The Balaban J connectivity index is 1.76. The van der Waals surface area contributed by atoms with Gasteiger partial charge in [0.05, 0.1) is 24.8 Å². The third-order valence-electron chi connectivity index (χ3n) is 4.28. The first-order valence-corrected chi connectivity index (χ1v) is 8.48. The molecule has 1 aromatic heterocycles. The normalized spacial score (nSPS) is 16.3. The maximum atomic E-state index is 12.9. The summed E-state index contributed by atoms with van der Waals surface area (Å²) in [5.74, 6) is -0.653. The molecule has 0 radical (unpaired) electrons. The summed E-state index contributed by atoms with van der Waals surface area (Å²) in [6.07, 6.45) is 4.03. The minimum Gasteiger partial charge on any atom is -0.470 e. The molecule has 0 bridgehead atoms. The summed E-state index contributed by atoms with van der Waals surface area (Å²) in [4.78, 5) is 34.5. The lowest BCUT2D eigenvalue weighted by molar-refractivity contribution is 0.0510. The number of nitriles is 1. The Morgan fingerprint density at radius 3 is 2.70 bits per heavy atom. The number of likely N-dealkylation sites (tertiary alicyclic amines) is 1. The van der Waals surface area contributed by atoms with Gasteiger partial charge < -0.3 is 14.4 Å². The van der Waals surface area contributed by atoms with Crippen LogP contribution in [0.4, 0.5) is 0 Å². The molecule has 1 unspecified atom stereocenters. The molecule has 0 spiro atoms. The fourth-order valence-electron chi connectivity index (χ4n) is 2.99. The highest BCUT2D eigenvalue weighted by Gasteiger charge is 2.29. The minimum absolute atomic E-state index is 0.108. The number of rotatable bonds is 4. The van der Waals surface area contributed by atoms with Gasteiger partial charge >= 0.3 is 5.97 Å². The van der Waals surface area contributed by atoms with E-state index in [0.29, 0.717) is 18.7 Å². The summed E-state index contributed by atoms with van der Waals surface area (Å²) in [6.45, 7) is 0.884. The van der Waals surface area contributed by atoms with E-state index in [1.54, 1.807) is 29.2 Å². The number of hydrogen-bond donors (Lipinski definition) is 0. The van der Waals surface area contributed by atoms with Crippen LogP contribution in [0.5, 0.6) is 5.88 Å². The molecule has 2 aromatic rings. The minimum atomic E-state index is -0.554. The van der Waals surface area contributed by atoms with Crippen LogP contribution in [0.1, 0.15) is 39.3 Å². The van der Waals surface area contributed by atoms with Crippen molar-refractivity contribution in [3.05, 3.63) is 53.5 Å². The van der Waals surface area contributed by atoms with Gasteiger partial charge in [-0.1, -0.05) is 12.1 Å². The topological polar surface area (TPSA) is 105 Å². The number of amides is 1. The van der Waals surface area contributed by atoms with E-state index in [0.717, 1.165) is 12.8 Å². The number of esters is 1. The molecule has 2 heterocycles. The quantitative estimate of drug-likeness (QED) is 0.760. The molecule has 1 atom stereocenters. The van der Waals surface area contributed by atoms with Crippen LogP contribution in [0.3, 0.4) is 0 Å².